The van der Waals surface area contributed by atoms with Gasteiger partial charge in [0, 0.05) is 37.2 Å². The maximum absolute atomic E-state index is 11.2. The number of likely N-dealkylation sites (tertiary alicyclic amines) is 1. The molecular formula is C13H18BrN3O. The van der Waals surface area contributed by atoms with E-state index in [1.165, 1.54) is 0 Å². The quantitative estimate of drug-likeness (QED) is 0.933. The van der Waals surface area contributed by atoms with E-state index in [9.17, 15) is 4.79 Å². The van der Waals surface area contributed by atoms with Gasteiger partial charge in [0.05, 0.1) is 0 Å². The molecule has 2 heterocycles. The van der Waals surface area contributed by atoms with Crippen LogP contribution in [0.5, 0.6) is 0 Å². The fourth-order valence-corrected chi connectivity index (χ4v) is 2.54. The zero-order valence-electron chi connectivity index (χ0n) is 10.5. The van der Waals surface area contributed by atoms with E-state index in [1.807, 2.05) is 17.0 Å². The van der Waals surface area contributed by atoms with E-state index in [4.69, 9.17) is 0 Å². The average Bonchev–Trinajstić information content (AvgIpc) is 2.37. The Morgan fingerprint density at radius 2 is 2.28 bits per heavy atom. The van der Waals surface area contributed by atoms with Crippen molar-refractivity contribution in [1.29, 1.82) is 0 Å². The number of nitrogens with one attached hydrogen (secondary N) is 1. The lowest BCUT2D eigenvalue weighted by Crippen LogP contribution is -2.38. The van der Waals surface area contributed by atoms with Gasteiger partial charge < -0.3 is 10.2 Å². The van der Waals surface area contributed by atoms with Crippen LogP contribution in [-0.2, 0) is 4.79 Å². The summed E-state index contributed by atoms with van der Waals surface area (Å²) in [5, 5.41) is 3.35. The van der Waals surface area contributed by atoms with Gasteiger partial charge in [-0.05, 0) is 30.9 Å². The smallest absolute Gasteiger partial charge is 0.219 e. The van der Waals surface area contributed by atoms with Crippen LogP contribution in [0.3, 0.4) is 0 Å². The van der Waals surface area contributed by atoms with Crippen molar-refractivity contribution in [1.82, 2.24) is 9.88 Å². The lowest BCUT2D eigenvalue weighted by Gasteiger charge is -2.31. The van der Waals surface area contributed by atoms with Crippen LogP contribution >= 0.6 is 15.9 Å². The molecule has 1 saturated heterocycles. The van der Waals surface area contributed by atoms with Crippen LogP contribution in [-0.4, -0.2) is 35.4 Å². The largest absolute Gasteiger partial charge is 0.370 e. The van der Waals surface area contributed by atoms with Crippen LogP contribution < -0.4 is 5.32 Å². The highest BCUT2D eigenvalue weighted by atomic mass is 79.9. The maximum Gasteiger partial charge on any atom is 0.219 e. The van der Waals surface area contributed by atoms with Crippen molar-refractivity contribution in [3.8, 4) is 0 Å². The Kier molecular flexibility index (Phi) is 4.58. The summed E-state index contributed by atoms with van der Waals surface area (Å²) in [6, 6.07) is 3.89. The number of nitrogens with zero attached hydrogens (tertiary/aromatic N) is 2. The Bertz CT molecular complexity index is 416. The normalized spacial score (nSPS) is 16.7. The third kappa shape index (κ3) is 3.70. The molecule has 1 amide bonds. The number of aromatic nitrogens is 1. The van der Waals surface area contributed by atoms with Crippen LogP contribution in [0.25, 0.3) is 0 Å². The summed E-state index contributed by atoms with van der Waals surface area (Å²) in [6.07, 6.45) is 3.92. The monoisotopic (exact) mass is 311 g/mol. The van der Waals surface area contributed by atoms with Crippen LogP contribution in [0.4, 0.5) is 5.82 Å². The molecular weight excluding hydrogens is 294 g/mol. The van der Waals surface area contributed by atoms with Gasteiger partial charge in [0.1, 0.15) is 5.82 Å². The molecule has 1 N–H and O–H groups in total. The minimum absolute atomic E-state index is 0.190. The minimum atomic E-state index is 0.190. The first kappa shape index (κ1) is 13.3. The summed E-state index contributed by atoms with van der Waals surface area (Å²) in [5.41, 5.74) is 0. The average molecular weight is 312 g/mol. The van der Waals surface area contributed by atoms with E-state index in [0.717, 1.165) is 42.8 Å². The van der Waals surface area contributed by atoms with Gasteiger partial charge >= 0.3 is 0 Å². The van der Waals surface area contributed by atoms with Gasteiger partial charge in [-0.25, -0.2) is 4.98 Å². The molecule has 98 valence electrons. The maximum atomic E-state index is 11.2. The van der Waals surface area contributed by atoms with Crippen LogP contribution in [0.15, 0.2) is 22.8 Å². The van der Waals surface area contributed by atoms with E-state index in [2.05, 4.69) is 26.2 Å². The van der Waals surface area contributed by atoms with E-state index in [-0.39, 0.29) is 5.91 Å². The Balaban J connectivity index is 1.77. The Hall–Kier alpha value is -1.10. The fourth-order valence-electron chi connectivity index (χ4n) is 2.20. The number of hydrogen-bond acceptors (Lipinski definition) is 3. The number of carbonyl (C=O) groups is 1. The highest BCUT2D eigenvalue weighted by Gasteiger charge is 2.20. The lowest BCUT2D eigenvalue weighted by molar-refractivity contribution is -0.130. The number of anilines is 1. The molecule has 2 rings (SSSR count). The lowest BCUT2D eigenvalue weighted by atomic mass is 9.97. The standard InChI is InChI=1S/C13H18BrN3O/c1-10(18)17-6-3-11(4-7-17)9-16-13-8-12(14)2-5-15-13/h2,5,8,11H,3-4,6-7,9H2,1H3,(H,15,16). The van der Waals surface area contributed by atoms with Gasteiger partial charge in [0.25, 0.3) is 0 Å². The van der Waals surface area contributed by atoms with Crippen molar-refractivity contribution in [2.45, 2.75) is 19.8 Å². The Morgan fingerprint density at radius 3 is 2.89 bits per heavy atom. The zero-order valence-corrected chi connectivity index (χ0v) is 12.1. The van der Waals surface area contributed by atoms with Crippen molar-refractivity contribution < 1.29 is 4.79 Å². The van der Waals surface area contributed by atoms with Crippen molar-refractivity contribution in [3.05, 3.63) is 22.8 Å². The SMILES string of the molecule is CC(=O)N1CCC(CNc2cc(Br)ccn2)CC1. The number of piperidine rings is 1. The van der Waals surface area contributed by atoms with Gasteiger partial charge in [-0.3, -0.25) is 4.79 Å². The molecule has 0 radical (unpaired) electrons. The molecule has 0 aliphatic carbocycles. The Labute approximate surface area is 116 Å². The first-order chi connectivity index (χ1) is 8.65. The Morgan fingerprint density at radius 1 is 1.56 bits per heavy atom. The third-order valence-electron chi connectivity index (χ3n) is 3.35. The van der Waals surface area contributed by atoms with E-state index in [0.29, 0.717) is 5.92 Å². The molecule has 0 spiro atoms. The van der Waals surface area contributed by atoms with Crippen LogP contribution in [0.2, 0.25) is 0 Å². The summed E-state index contributed by atoms with van der Waals surface area (Å²) >= 11 is 3.43. The molecule has 1 aromatic rings. The van der Waals surface area contributed by atoms with Gasteiger partial charge in [0.15, 0.2) is 0 Å². The molecule has 0 saturated carbocycles. The molecule has 1 aliphatic rings. The molecule has 18 heavy (non-hydrogen) atoms. The van der Waals surface area contributed by atoms with Gasteiger partial charge in [-0.15, -0.1) is 0 Å². The van der Waals surface area contributed by atoms with Crippen LogP contribution in [0.1, 0.15) is 19.8 Å². The predicted molar refractivity (Wildman–Crippen MR) is 75.4 cm³/mol. The summed E-state index contributed by atoms with van der Waals surface area (Å²) < 4.78 is 1.03. The molecule has 0 aromatic carbocycles. The van der Waals surface area contributed by atoms with Crippen molar-refractivity contribution >= 4 is 27.7 Å². The topological polar surface area (TPSA) is 45.2 Å². The summed E-state index contributed by atoms with van der Waals surface area (Å²) in [6.45, 7) is 4.33. The minimum Gasteiger partial charge on any atom is -0.370 e. The first-order valence-electron chi connectivity index (χ1n) is 6.26. The second kappa shape index (κ2) is 6.18. The first-order valence-corrected chi connectivity index (χ1v) is 7.05. The van der Waals surface area contributed by atoms with E-state index >= 15 is 0 Å². The van der Waals surface area contributed by atoms with E-state index in [1.54, 1.807) is 13.1 Å². The number of rotatable bonds is 3. The highest BCUT2D eigenvalue weighted by Crippen LogP contribution is 2.19. The number of halogens is 1. The number of hydrogen-bond donors (Lipinski definition) is 1. The predicted octanol–water partition coefficient (Wildman–Crippen LogP) is 2.51. The third-order valence-corrected chi connectivity index (χ3v) is 3.85. The van der Waals surface area contributed by atoms with Gasteiger partial charge in [0.2, 0.25) is 5.91 Å². The van der Waals surface area contributed by atoms with Gasteiger partial charge in [-0.2, -0.15) is 0 Å². The molecule has 4 nitrogen and oxygen atoms in total. The number of pyridine rings is 1. The molecule has 1 fully saturated rings. The van der Waals surface area contributed by atoms with Crippen molar-refractivity contribution in [2.24, 2.45) is 5.92 Å². The molecule has 5 heteroatoms. The van der Waals surface area contributed by atoms with Crippen molar-refractivity contribution in [3.63, 3.8) is 0 Å². The summed E-state index contributed by atoms with van der Waals surface area (Å²) in [7, 11) is 0. The molecule has 0 bridgehead atoms. The second-order valence-corrected chi connectivity index (χ2v) is 5.61. The van der Waals surface area contributed by atoms with Crippen LogP contribution in [0, 0.1) is 5.92 Å². The highest BCUT2D eigenvalue weighted by molar-refractivity contribution is 9.10. The zero-order chi connectivity index (χ0) is 13.0. The summed E-state index contributed by atoms with van der Waals surface area (Å²) in [4.78, 5) is 17.4. The fraction of sp³-hybridized carbons (Fsp3) is 0.538. The number of amides is 1. The molecule has 1 aromatic heterocycles. The van der Waals surface area contributed by atoms with Crippen molar-refractivity contribution in [2.75, 3.05) is 25.0 Å². The van der Waals surface area contributed by atoms with E-state index < -0.39 is 0 Å². The summed E-state index contributed by atoms with van der Waals surface area (Å²) in [5.74, 6) is 1.72. The molecule has 0 atom stereocenters. The van der Waals surface area contributed by atoms with Gasteiger partial charge in [-0.1, -0.05) is 15.9 Å². The molecule has 0 unspecified atom stereocenters. The second-order valence-electron chi connectivity index (χ2n) is 4.69. The number of carbonyl (C=O) groups excluding carboxylic acids is 1. The molecule has 1 aliphatic heterocycles.